The highest BCUT2D eigenvalue weighted by molar-refractivity contribution is 5.92. The van der Waals surface area contributed by atoms with Gasteiger partial charge in [0, 0.05) is 6.92 Å². The maximum Gasteiger partial charge on any atom is 0.315 e. The Morgan fingerprint density at radius 2 is 2.20 bits per heavy atom. The average Bonchev–Trinajstić information content (AvgIpc) is 2.17. The Bertz CT molecular complexity index is 454. The molecule has 1 rings (SSSR count). The molecule has 1 aromatic rings. The number of rotatable bonds is 2. The van der Waals surface area contributed by atoms with Gasteiger partial charge in [-0.25, -0.2) is 4.98 Å². The molecule has 0 radical (unpaired) electrons. The summed E-state index contributed by atoms with van der Waals surface area (Å²) in [7, 11) is 0. The Hall–Kier alpha value is -2.15. The molecular formula is C11H9NO3. The van der Waals surface area contributed by atoms with Crippen LogP contribution in [0.4, 0.5) is 0 Å². The molecule has 1 N–H and O–H groups in total. The Labute approximate surface area is 87.0 Å². The van der Waals surface area contributed by atoms with E-state index in [0.29, 0.717) is 11.4 Å². The highest BCUT2D eigenvalue weighted by atomic mass is 16.4. The summed E-state index contributed by atoms with van der Waals surface area (Å²) in [5.41, 5.74) is 0.737. The molecule has 0 aliphatic rings. The van der Waals surface area contributed by atoms with Gasteiger partial charge in [-0.05, 0) is 18.1 Å². The molecule has 0 atom stereocenters. The number of hydrogen-bond acceptors (Lipinski definition) is 3. The maximum absolute atomic E-state index is 11.0. The van der Waals surface area contributed by atoms with E-state index in [1.165, 1.54) is 6.92 Å². The number of carboxylic acid groups (broad SMARTS) is 1. The molecule has 1 heterocycles. The van der Waals surface area contributed by atoms with Gasteiger partial charge in [0.15, 0.2) is 5.78 Å². The van der Waals surface area contributed by atoms with Gasteiger partial charge in [-0.15, -0.1) is 0 Å². The monoisotopic (exact) mass is 203 g/mol. The predicted octanol–water partition coefficient (Wildman–Crippen LogP) is 1.11. The molecule has 4 nitrogen and oxygen atoms in total. The fraction of sp³-hybridized carbons (Fsp3) is 0.182. The van der Waals surface area contributed by atoms with E-state index in [4.69, 9.17) is 5.11 Å². The molecule has 0 amide bonds. The first kappa shape index (κ1) is 10.9. The minimum Gasteiger partial charge on any atom is -0.481 e. The Morgan fingerprint density at radius 1 is 1.47 bits per heavy atom. The first-order chi connectivity index (χ1) is 7.09. The summed E-state index contributed by atoms with van der Waals surface area (Å²) in [6.45, 7) is 1.41. The molecule has 0 saturated carbocycles. The van der Waals surface area contributed by atoms with Crippen LogP contribution in [-0.4, -0.2) is 21.8 Å². The van der Waals surface area contributed by atoms with Crippen molar-refractivity contribution >= 4 is 11.8 Å². The van der Waals surface area contributed by atoms with Crippen molar-refractivity contribution in [3.05, 3.63) is 29.6 Å². The van der Waals surface area contributed by atoms with Crippen LogP contribution in [0, 0.1) is 11.8 Å². The second-order valence-electron chi connectivity index (χ2n) is 2.84. The molecule has 0 bridgehead atoms. The van der Waals surface area contributed by atoms with Crippen LogP contribution in [0.15, 0.2) is 18.2 Å². The summed E-state index contributed by atoms with van der Waals surface area (Å²) < 4.78 is 0. The van der Waals surface area contributed by atoms with Crippen molar-refractivity contribution in [3.8, 4) is 11.8 Å². The van der Waals surface area contributed by atoms with Gasteiger partial charge >= 0.3 is 5.97 Å². The number of ketones is 1. The van der Waals surface area contributed by atoms with Crippen LogP contribution < -0.4 is 0 Å². The molecule has 1 aromatic heterocycles. The van der Waals surface area contributed by atoms with Crippen molar-refractivity contribution in [3.63, 3.8) is 0 Å². The second-order valence-corrected chi connectivity index (χ2v) is 2.84. The summed E-state index contributed by atoms with van der Waals surface area (Å²) in [4.78, 5) is 25.1. The summed E-state index contributed by atoms with van der Waals surface area (Å²) >= 11 is 0. The summed E-state index contributed by atoms with van der Waals surface area (Å²) in [5.74, 6) is 3.90. The van der Waals surface area contributed by atoms with E-state index in [-0.39, 0.29) is 12.2 Å². The number of aromatic nitrogens is 1. The van der Waals surface area contributed by atoms with E-state index in [0.717, 1.165) is 0 Å². The highest BCUT2D eigenvalue weighted by Crippen LogP contribution is 1.98. The van der Waals surface area contributed by atoms with E-state index in [1.807, 2.05) is 0 Å². The topological polar surface area (TPSA) is 67.3 Å². The predicted molar refractivity (Wildman–Crippen MR) is 53.4 cm³/mol. The number of pyridine rings is 1. The summed E-state index contributed by atoms with van der Waals surface area (Å²) in [6, 6.07) is 4.88. The second kappa shape index (κ2) is 4.91. The van der Waals surface area contributed by atoms with Crippen molar-refractivity contribution in [2.24, 2.45) is 0 Å². The molecule has 0 saturated heterocycles. The number of aliphatic carboxylic acids is 1. The standard InChI is InChI=1S/C11H9NO3/c1-8(13)10-6-2-4-9(12-10)5-3-7-11(14)15/h2,4,6H,7H2,1H3,(H,14,15). The molecule has 0 fully saturated rings. The lowest BCUT2D eigenvalue weighted by molar-refractivity contribution is -0.135. The molecule has 0 spiro atoms. The molecule has 4 heteroatoms. The Morgan fingerprint density at radius 3 is 2.80 bits per heavy atom. The molecule has 0 aliphatic carbocycles. The van der Waals surface area contributed by atoms with Gasteiger partial charge in [0.05, 0.1) is 0 Å². The van der Waals surface area contributed by atoms with E-state index in [9.17, 15) is 9.59 Å². The average molecular weight is 203 g/mol. The van der Waals surface area contributed by atoms with Gasteiger partial charge < -0.3 is 5.11 Å². The van der Waals surface area contributed by atoms with Crippen molar-refractivity contribution in [1.29, 1.82) is 0 Å². The van der Waals surface area contributed by atoms with Crippen LogP contribution >= 0.6 is 0 Å². The smallest absolute Gasteiger partial charge is 0.315 e. The van der Waals surface area contributed by atoms with Gasteiger partial charge in [0.25, 0.3) is 0 Å². The first-order valence-corrected chi connectivity index (χ1v) is 4.28. The van der Waals surface area contributed by atoms with Crippen LogP contribution in [0.25, 0.3) is 0 Å². The van der Waals surface area contributed by atoms with Crippen LogP contribution in [0.2, 0.25) is 0 Å². The SMILES string of the molecule is CC(=O)c1cccc(C#CCC(=O)O)n1. The third kappa shape index (κ3) is 3.61. The van der Waals surface area contributed by atoms with Crippen molar-refractivity contribution < 1.29 is 14.7 Å². The third-order valence-electron chi connectivity index (χ3n) is 1.57. The van der Waals surface area contributed by atoms with E-state index in [1.54, 1.807) is 18.2 Å². The lowest BCUT2D eigenvalue weighted by Gasteiger charge is -1.94. The van der Waals surface area contributed by atoms with Gasteiger partial charge in [-0.2, -0.15) is 0 Å². The highest BCUT2D eigenvalue weighted by Gasteiger charge is 1.99. The molecule has 76 valence electrons. The molecular weight excluding hydrogens is 194 g/mol. The third-order valence-corrected chi connectivity index (χ3v) is 1.57. The number of carbonyl (C=O) groups is 2. The fourth-order valence-corrected chi connectivity index (χ4v) is 0.911. The van der Waals surface area contributed by atoms with E-state index >= 15 is 0 Å². The molecule has 0 unspecified atom stereocenters. The zero-order valence-corrected chi connectivity index (χ0v) is 8.15. The minimum atomic E-state index is -0.981. The number of nitrogens with zero attached hydrogens (tertiary/aromatic N) is 1. The lowest BCUT2D eigenvalue weighted by atomic mass is 10.2. The summed E-state index contributed by atoms with van der Waals surface area (Å²) in [5, 5.41) is 8.36. The van der Waals surface area contributed by atoms with Crippen LogP contribution in [0.3, 0.4) is 0 Å². The molecule has 15 heavy (non-hydrogen) atoms. The normalized spacial score (nSPS) is 8.87. The number of hydrogen-bond donors (Lipinski definition) is 1. The van der Waals surface area contributed by atoms with Crippen molar-refractivity contribution in [2.75, 3.05) is 0 Å². The Kier molecular flexibility index (Phi) is 3.58. The zero-order chi connectivity index (χ0) is 11.3. The number of carbonyl (C=O) groups excluding carboxylic acids is 1. The Balaban J connectivity index is 2.85. The zero-order valence-electron chi connectivity index (χ0n) is 8.15. The van der Waals surface area contributed by atoms with Crippen molar-refractivity contribution in [2.45, 2.75) is 13.3 Å². The van der Waals surface area contributed by atoms with Crippen LogP contribution in [0.5, 0.6) is 0 Å². The van der Waals surface area contributed by atoms with Crippen LogP contribution in [0.1, 0.15) is 29.5 Å². The van der Waals surface area contributed by atoms with Gasteiger partial charge in [0.1, 0.15) is 17.8 Å². The van der Waals surface area contributed by atoms with Crippen LogP contribution in [-0.2, 0) is 4.79 Å². The number of Topliss-reactive ketones (excluding diaryl/α,β-unsaturated/α-hetero) is 1. The fourth-order valence-electron chi connectivity index (χ4n) is 0.911. The molecule has 0 aliphatic heterocycles. The lowest BCUT2D eigenvalue weighted by Crippen LogP contribution is -1.97. The minimum absolute atomic E-state index is 0.142. The van der Waals surface area contributed by atoms with Crippen molar-refractivity contribution in [1.82, 2.24) is 4.98 Å². The van der Waals surface area contributed by atoms with Gasteiger partial charge in [0.2, 0.25) is 0 Å². The maximum atomic E-state index is 11.0. The largest absolute Gasteiger partial charge is 0.481 e. The quantitative estimate of drug-likeness (QED) is 0.577. The van der Waals surface area contributed by atoms with Gasteiger partial charge in [-0.3, -0.25) is 9.59 Å². The summed E-state index contributed by atoms with van der Waals surface area (Å²) in [6.07, 6.45) is -0.230. The van der Waals surface area contributed by atoms with E-state index in [2.05, 4.69) is 16.8 Å². The molecule has 0 aromatic carbocycles. The first-order valence-electron chi connectivity index (χ1n) is 4.28. The number of carboxylic acids is 1. The van der Waals surface area contributed by atoms with E-state index < -0.39 is 5.97 Å². The van der Waals surface area contributed by atoms with Gasteiger partial charge in [-0.1, -0.05) is 12.0 Å².